The first-order valence-electron chi connectivity index (χ1n) is 6.65. The fraction of sp³-hybridized carbons (Fsp3) is 0.467. The predicted octanol–water partition coefficient (Wildman–Crippen LogP) is 1.95. The molecule has 1 atom stereocenters. The van der Waals surface area contributed by atoms with Crippen LogP contribution in [0.1, 0.15) is 18.9 Å². The van der Waals surface area contributed by atoms with Gasteiger partial charge in [0.05, 0.1) is 13.0 Å². The summed E-state index contributed by atoms with van der Waals surface area (Å²) in [6.45, 7) is 1.67. The van der Waals surface area contributed by atoms with Crippen molar-refractivity contribution in [3.63, 3.8) is 0 Å². The zero-order chi connectivity index (χ0) is 16.0. The number of nitrogens with zero attached hydrogens (tertiary/aromatic N) is 1. The lowest BCUT2D eigenvalue weighted by molar-refractivity contribution is -0.142. The lowest BCUT2D eigenvalue weighted by atomic mass is 10.1. The Balaban J connectivity index is 2.59. The van der Waals surface area contributed by atoms with Gasteiger partial charge in [0, 0.05) is 20.0 Å². The molecule has 6 heteroatoms. The summed E-state index contributed by atoms with van der Waals surface area (Å²) in [6, 6.07) is 4.78. The highest BCUT2D eigenvalue weighted by atomic mass is 19.1. The largest absolute Gasteiger partial charge is 0.494 e. The van der Waals surface area contributed by atoms with E-state index < -0.39 is 17.7 Å². The second kappa shape index (κ2) is 7.61. The molecule has 1 aromatic rings. The molecule has 1 rings (SSSR count). The third kappa shape index (κ3) is 4.73. The number of rotatable bonds is 7. The van der Waals surface area contributed by atoms with Gasteiger partial charge in [-0.15, -0.1) is 0 Å². The molecule has 116 valence electrons. The summed E-state index contributed by atoms with van der Waals surface area (Å²) in [5.74, 6) is -2.12. The van der Waals surface area contributed by atoms with Gasteiger partial charge in [-0.3, -0.25) is 9.59 Å². The van der Waals surface area contributed by atoms with Crippen LogP contribution in [0.15, 0.2) is 18.2 Å². The molecule has 0 saturated heterocycles. The highest BCUT2D eigenvalue weighted by molar-refractivity contribution is 5.77. The molecule has 0 heterocycles. The third-order valence-electron chi connectivity index (χ3n) is 3.27. The highest BCUT2D eigenvalue weighted by Gasteiger charge is 2.18. The lowest BCUT2D eigenvalue weighted by Gasteiger charge is -2.19. The van der Waals surface area contributed by atoms with Crippen LogP contribution in [-0.2, 0) is 16.0 Å². The van der Waals surface area contributed by atoms with Gasteiger partial charge in [0.25, 0.3) is 0 Å². The van der Waals surface area contributed by atoms with E-state index in [2.05, 4.69) is 0 Å². The van der Waals surface area contributed by atoms with Crippen LogP contribution in [0.3, 0.4) is 0 Å². The summed E-state index contributed by atoms with van der Waals surface area (Å²) >= 11 is 0. The van der Waals surface area contributed by atoms with E-state index in [0.717, 1.165) is 0 Å². The molecule has 0 aromatic heterocycles. The molecule has 0 bridgehead atoms. The summed E-state index contributed by atoms with van der Waals surface area (Å²) in [5, 5.41) is 8.81. The molecule has 0 fully saturated rings. The number of ether oxygens (including phenoxy) is 1. The Labute approximate surface area is 123 Å². The number of amides is 1. The van der Waals surface area contributed by atoms with Gasteiger partial charge >= 0.3 is 5.97 Å². The Kier molecular flexibility index (Phi) is 6.14. The molecule has 0 saturated carbocycles. The van der Waals surface area contributed by atoms with Gasteiger partial charge < -0.3 is 14.7 Å². The minimum Gasteiger partial charge on any atom is -0.494 e. The normalized spacial score (nSPS) is 11.8. The van der Waals surface area contributed by atoms with Crippen molar-refractivity contribution in [2.45, 2.75) is 19.8 Å². The smallest absolute Gasteiger partial charge is 0.308 e. The van der Waals surface area contributed by atoms with Crippen LogP contribution >= 0.6 is 0 Å². The van der Waals surface area contributed by atoms with Crippen LogP contribution in [0.25, 0.3) is 0 Å². The first kappa shape index (κ1) is 16.9. The minimum atomic E-state index is -0.950. The van der Waals surface area contributed by atoms with Gasteiger partial charge in [0.15, 0.2) is 11.6 Å². The Hall–Kier alpha value is -2.11. The van der Waals surface area contributed by atoms with Crippen molar-refractivity contribution in [1.82, 2.24) is 4.90 Å². The van der Waals surface area contributed by atoms with Crippen LogP contribution in [-0.4, -0.2) is 42.6 Å². The fourth-order valence-electron chi connectivity index (χ4n) is 1.93. The van der Waals surface area contributed by atoms with Gasteiger partial charge in [-0.05, 0) is 18.1 Å². The summed E-state index contributed by atoms with van der Waals surface area (Å²) in [7, 11) is 2.93. The van der Waals surface area contributed by atoms with Crippen LogP contribution in [0.5, 0.6) is 5.75 Å². The Bertz CT molecular complexity index is 518. The Morgan fingerprint density at radius 1 is 1.43 bits per heavy atom. The van der Waals surface area contributed by atoms with Gasteiger partial charge in [-0.1, -0.05) is 19.1 Å². The molecule has 1 N–H and O–H groups in total. The molecule has 1 unspecified atom stereocenters. The summed E-state index contributed by atoms with van der Waals surface area (Å²) in [6.07, 6.45) is 0.362. The maximum atomic E-state index is 13.9. The van der Waals surface area contributed by atoms with Crippen molar-refractivity contribution in [3.05, 3.63) is 29.6 Å². The average Bonchev–Trinajstić information content (AvgIpc) is 2.45. The van der Waals surface area contributed by atoms with Crippen molar-refractivity contribution >= 4 is 11.9 Å². The predicted molar refractivity (Wildman–Crippen MR) is 75.7 cm³/mol. The van der Waals surface area contributed by atoms with Gasteiger partial charge in [-0.25, -0.2) is 4.39 Å². The number of aliphatic carboxylic acids is 1. The van der Waals surface area contributed by atoms with Crippen molar-refractivity contribution in [1.29, 1.82) is 0 Å². The number of halogens is 1. The first-order valence-corrected chi connectivity index (χ1v) is 6.65. The minimum absolute atomic E-state index is 0.118. The maximum Gasteiger partial charge on any atom is 0.308 e. The van der Waals surface area contributed by atoms with Crippen LogP contribution < -0.4 is 4.74 Å². The molecule has 0 spiro atoms. The second-order valence-electron chi connectivity index (χ2n) is 4.95. The highest BCUT2D eigenvalue weighted by Crippen LogP contribution is 2.21. The molecule has 1 aromatic carbocycles. The maximum absolute atomic E-state index is 13.9. The van der Waals surface area contributed by atoms with Gasteiger partial charge in [-0.2, -0.15) is 0 Å². The number of carbonyl (C=O) groups excluding carboxylic acids is 1. The van der Waals surface area contributed by atoms with Crippen molar-refractivity contribution in [2.75, 3.05) is 20.7 Å². The number of carboxylic acid groups (broad SMARTS) is 1. The van der Waals surface area contributed by atoms with E-state index in [9.17, 15) is 14.0 Å². The molecule has 0 aliphatic heterocycles. The quantitative estimate of drug-likeness (QED) is 0.835. The second-order valence-corrected chi connectivity index (χ2v) is 4.95. The summed E-state index contributed by atoms with van der Waals surface area (Å²) in [4.78, 5) is 24.0. The molecule has 21 heavy (non-hydrogen) atoms. The van der Waals surface area contributed by atoms with E-state index in [0.29, 0.717) is 5.56 Å². The van der Waals surface area contributed by atoms with E-state index in [-0.39, 0.29) is 31.0 Å². The van der Waals surface area contributed by atoms with E-state index in [1.54, 1.807) is 19.2 Å². The lowest BCUT2D eigenvalue weighted by Crippen LogP contribution is -2.33. The zero-order valence-electron chi connectivity index (χ0n) is 12.4. The number of carbonyl (C=O) groups is 2. The van der Waals surface area contributed by atoms with E-state index in [1.165, 1.54) is 25.0 Å². The first-order chi connectivity index (χ1) is 9.86. The number of benzene rings is 1. The number of hydrogen-bond acceptors (Lipinski definition) is 3. The van der Waals surface area contributed by atoms with E-state index >= 15 is 0 Å². The van der Waals surface area contributed by atoms with Crippen LogP contribution in [0.2, 0.25) is 0 Å². The molecule has 0 aliphatic carbocycles. The standard InChI is InChI=1S/C15H20FNO4/c1-10(15(19)20)9-17(2)13(18)8-7-11-5-4-6-12(21-3)14(11)16/h4-6,10H,7-9H2,1-3H3,(H,19,20). The molecular formula is C15H20FNO4. The monoisotopic (exact) mass is 297 g/mol. The number of methoxy groups -OCH3 is 1. The molecule has 0 radical (unpaired) electrons. The zero-order valence-corrected chi connectivity index (χ0v) is 12.4. The van der Waals surface area contributed by atoms with E-state index in [1.807, 2.05) is 0 Å². The Morgan fingerprint density at radius 3 is 2.67 bits per heavy atom. The number of hydrogen-bond donors (Lipinski definition) is 1. The molecule has 1 amide bonds. The van der Waals surface area contributed by atoms with Gasteiger partial charge in [0.1, 0.15) is 0 Å². The third-order valence-corrected chi connectivity index (χ3v) is 3.27. The van der Waals surface area contributed by atoms with Crippen molar-refractivity contribution in [3.8, 4) is 5.75 Å². The topological polar surface area (TPSA) is 66.8 Å². The SMILES string of the molecule is COc1cccc(CCC(=O)N(C)CC(C)C(=O)O)c1F. The molecule has 5 nitrogen and oxygen atoms in total. The number of aryl methyl sites for hydroxylation is 1. The molecule has 0 aliphatic rings. The molecular weight excluding hydrogens is 277 g/mol. The fourth-order valence-corrected chi connectivity index (χ4v) is 1.93. The Morgan fingerprint density at radius 2 is 2.10 bits per heavy atom. The van der Waals surface area contributed by atoms with Crippen LogP contribution in [0.4, 0.5) is 4.39 Å². The van der Waals surface area contributed by atoms with Crippen molar-refractivity contribution in [2.24, 2.45) is 5.92 Å². The summed E-state index contributed by atoms with van der Waals surface area (Å²) < 4.78 is 18.8. The van der Waals surface area contributed by atoms with E-state index in [4.69, 9.17) is 9.84 Å². The van der Waals surface area contributed by atoms with Crippen LogP contribution in [0, 0.1) is 11.7 Å². The van der Waals surface area contributed by atoms with Crippen molar-refractivity contribution < 1.29 is 23.8 Å². The van der Waals surface area contributed by atoms with Gasteiger partial charge in [0.2, 0.25) is 5.91 Å². The summed E-state index contributed by atoms with van der Waals surface area (Å²) in [5.41, 5.74) is 0.405. The average molecular weight is 297 g/mol. The number of carboxylic acids is 1.